The number of hydrogen-bond donors (Lipinski definition) is 2. The number of primary amides is 1. The molecule has 0 fully saturated rings. The van der Waals surface area contributed by atoms with Gasteiger partial charge in [-0.1, -0.05) is 23.9 Å². The molecule has 2 heterocycles. The Morgan fingerprint density at radius 3 is 2.86 bits per heavy atom. The molecule has 0 radical (unpaired) electrons. The van der Waals surface area contributed by atoms with E-state index < -0.39 is 5.91 Å². The molecule has 2 amide bonds. The third kappa shape index (κ3) is 3.77. The van der Waals surface area contributed by atoms with Crippen molar-refractivity contribution in [3.8, 4) is 11.4 Å². The molecule has 0 unspecified atom stereocenters. The summed E-state index contributed by atoms with van der Waals surface area (Å²) in [5, 5.41) is 11.9. The number of benzene rings is 1. The number of aromatic nitrogens is 3. The quantitative estimate of drug-likeness (QED) is 0.584. The van der Waals surface area contributed by atoms with E-state index in [1.807, 2.05) is 0 Å². The molecular formula is C19H18FN5O2S2. The zero-order chi connectivity index (χ0) is 20.5. The van der Waals surface area contributed by atoms with Gasteiger partial charge in [-0.3, -0.25) is 9.59 Å². The predicted molar refractivity (Wildman–Crippen MR) is 111 cm³/mol. The van der Waals surface area contributed by atoms with Crippen LogP contribution in [0, 0.1) is 5.82 Å². The second-order valence-corrected chi connectivity index (χ2v) is 8.66. The van der Waals surface area contributed by atoms with Crippen molar-refractivity contribution in [2.45, 2.75) is 24.4 Å². The number of amides is 2. The number of thiophene rings is 1. The second-order valence-electron chi connectivity index (χ2n) is 6.61. The number of aryl methyl sites for hydroxylation is 1. The summed E-state index contributed by atoms with van der Waals surface area (Å²) in [5.41, 5.74) is 7.27. The van der Waals surface area contributed by atoms with Gasteiger partial charge in [0.25, 0.3) is 5.91 Å². The molecule has 7 nitrogen and oxygen atoms in total. The van der Waals surface area contributed by atoms with Gasteiger partial charge in [-0.25, -0.2) is 4.39 Å². The number of nitrogens with one attached hydrogen (secondary N) is 1. The van der Waals surface area contributed by atoms with E-state index in [1.54, 1.807) is 29.8 Å². The molecule has 0 spiro atoms. The van der Waals surface area contributed by atoms with E-state index in [0.717, 1.165) is 29.7 Å². The molecule has 0 bridgehead atoms. The first-order valence-electron chi connectivity index (χ1n) is 8.97. The number of nitrogens with zero attached hydrogens (tertiary/aromatic N) is 3. The fourth-order valence-corrected chi connectivity index (χ4v) is 5.39. The van der Waals surface area contributed by atoms with Crippen LogP contribution in [-0.2, 0) is 24.7 Å². The third-order valence-electron chi connectivity index (χ3n) is 4.70. The second kappa shape index (κ2) is 7.96. The van der Waals surface area contributed by atoms with E-state index in [2.05, 4.69) is 15.5 Å². The Morgan fingerprint density at radius 1 is 1.31 bits per heavy atom. The van der Waals surface area contributed by atoms with Gasteiger partial charge in [-0.05, 0) is 37.0 Å². The Hall–Kier alpha value is -2.72. The summed E-state index contributed by atoms with van der Waals surface area (Å²) in [4.78, 5) is 25.4. The molecule has 0 aliphatic heterocycles. The molecule has 0 saturated heterocycles. The van der Waals surface area contributed by atoms with Crippen LogP contribution in [-0.4, -0.2) is 32.3 Å². The molecule has 3 aromatic rings. The number of rotatable bonds is 6. The highest BCUT2D eigenvalue weighted by Crippen LogP contribution is 2.39. The summed E-state index contributed by atoms with van der Waals surface area (Å²) in [6, 6.07) is 6.32. The first kappa shape index (κ1) is 19.6. The molecule has 0 atom stereocenters. The average molecular weight is 432 g/mol. The summed E-state index contributed by atoms with van der Waals surface area (Å²) in [5.74, 6) is -0.717. The lowest BCUT2D eigenvalue weighted by Gasteiger charge is -2.06. The first-order chi connectivity index (χ1) is 14.0. The number of nitrogens with two attached hydrogens (primary N) is 1. The Balaban J connectivity index is 1.45. The number of halogens is 1. The zero-order valence-corrected chi connectivity index (χ0v) is 17.2. The van der Waals surface area contributed by atoms with Crippen LogP contribution in [0.25, 0.3) is 11.4 Å². The van der Waals surface area contributed by atoms with E-state index in [1.165, 1.54) is 29.2 Å². The molecule has 0 saturated carbocycles. The van der Waals surface area contributed by atoms with Gasteiger partial charge in [-0.15, -0.1) is 21.5 Å². The van der Waals surface area contributed by atoms with Gasteiger partial charge in [-0.2, -0.15) is 0 Å². The molecule has 10 heteroatoms. The van der Waals surface area contributed by atoms with Crippen LogP contribution in [0.4, 0.5) is 9.39 Å². The monoisotopic (exact) mass is 431 g/mol. The minimum absolute atomic E-state index is 0.0734. The average Bonchev–Trinajstić information content (AvgIpc) is 3.35. The maximum atomic E-state index is 14.0. The predicted octanol–water partition coefficient (Wildman–Crippen LogP) is 3.00. The van der Waals surface area contributed by atoms with Crippen molar-refractivity contribution in [1.82, 2.24) is 14.8 Å². The van der Waals surface area contributed by atoms with E-state index in [4.69, 9.17) is 5.73 Å². The normalized spacial score (nSPS) is 12.8. The summed E-state index contributed by atoms with van der Waals surface area (Å²) in [6.07, 6.45) is 2.72. The molecule has 150 valence electrons. The molecule has 3 N–H and O–H groups in total. The van der Waals surface area contributed by atoms with Gasteiger partial charge in [0.15, 0.2) is 11.0 Å². The van der Waals surface area contributed by atoms with Gasteiger partial charge >= 0.3 is 0 Å². The largest absolute Gasteiger partial charge is 0.365 e. The molecule has 1 aliphatic rings. The number of carbonyl (C=O) groups excluding carboxylic acids is 2. The van der Waals surface area contributed by atoms with Crippen molar-refractivity contribution in [2.75, 3.05) is 11.1 Å². The summed E-state index contributed by atoms with van der Waals surface area (Å²) >= 11 is 2.60. The van der Waals surface area contributed by atoms with Crippen LogP contribution in [0.1, 0.15) is 27.2 Å². The Labute approximate surface area is 174 Å². The first-order valence-corrected chi connectivity index (χ1v) is 10.8. The van der Waals surface area contributed by atoms with Crippen molar-refractivity contribution < 1.29 is 14.0 Å². The van der Waals surface area contributed by atoms with Gasteiger partial charge in [0, 0.05) is 11.9 Å². The molecule has 1 aromatic carbocycles. The summed E-state index contributed by atoms with van der Waals surface area (Å²) in [6.45, 7) is 0. The van der Waals surface area contributed by atoms with Crippen molar-refractivity contribution in [3.05, 3.63) is 46.1 Å². The number of anilines is 1. The Bertz CT molecular complexity index is 1110. The number of fused-ring (bicyclic) bond motifs is 1. The lowest BCUT2D eigenvalue weighted by Crippen LogP contribution is -2.19. The summed E-state index contributed by atoms with van der Waals surface area (Å²) in [7, 11) is 1.72. The van der Waals surface area contributed by atoms with Crippen molar-refractivity contribution >= 4 is 39.9 Å². The SMILES string of the molecule is Cn1c(SCC(=O)Nc2sc3c(c2C(N)=O)CCC3)nnc1-c1ccccc1F. The minimum atomic E-state index is -0.518. The van der Waals surface area contributed by atoms with Gasteiger partial charge in [0.2, 0.25) is 5.91 Å². The lowest BCUT2D eigenvalue weighted by molar-refractivity contribution is -0.113. The van der Waals surface area contributed by atoms with Crippen LogP contribution >= 0.6 is 23.1 Å². The highest BCUT2D eigenvalue weighted by molar-refractivity contribution is 7.99. The minimum Gasteiger partial charge on any atom is -0.365 e. The summed E-state index contributed by atoms with van der Waals surface area (Å²) < 4.78 is 15.6. The van der Waals surface area contributed by atoms with E-state index in [9.17, 15) is 14.0 Å². The molecular weight excluding hydrogens is 413 g/mol. The fraction of sp³-hybridized carbons (Fsp3) is 0.263. The molecule has 29 heavy (non-hydrogen) atoms. The molecule has 2 aromatic heterocycles. The standard InChI is InChI=1S/C19H18FN5O2S2/c1-25-17(10-5-2-3-7-12(10)20)23-24-19(25)28-9-14(26)22-18-15(16(21)27)11-6-4-8-13(11)29-18/h2-3,5,7H,4,6,8-9H2,1H3,(H2,21,27)(H,22,26). The third-order valence-corrected chi connectivity index (χ3v) is 6.93. The maximum absolute atomic E-state index is 14.0. The van der Waals surface area contributed by atoms with Gasteiger partial charge in [0.1, 0.15) is 10.8 Å². The van der Waals surface area contributed by atoms with Crippen molar-refractivity contribution in [3.63, 3.8) is 0 Å². The number of hydrogen-bond acceptors (Lipinski definition) is 6. The number of thioether (sulfide) groups is 1. The van der Waals surface area contributed by atoms with E-state index >= 15 is 0 Å². The van der Waals surface area contributed by atoms with E-state index in [-0.39, 0.29) is 17.5 Å². The molecule has 4 rings (SSSR count). The Kier molecular flexibility index (Phi) is 5.37. The van der Waals surface area contributed by atoms with Gasteiger partial charge in [0.05, 0.1) is 16.9 Å². The van der Waals surface area contributed by atoms with Crippen molar-refractivity contribution in [2.24, 2.45) is 12.8 Å². The zero-order valence-electron chi connectivity index (χ0n) is 15.6. The van der Waals surface area contributed by atoms with E-state index in [0.29, 0.717) is 27.1 Å². The van der Waals surface area contributed by atoms with Crippen molar-refractivity contribution in [1.29, 1.82) is 0 Å². The topological polar surface area (TPSA) is 103 Å². The fourth-order valence-electron chi connectivity index (χ4n) is 3.36. The van der Waals surface area contributed by atoms with Crippen LogP contribution in [0.15, 0.2) is 29.4 Å². The lowest BCUT2D eigenvalue weighted by atomic mass is 10.1. The van der Waals surface area contributed by atoms with Crippen LogP contribution in [0.5, 0.6) is 0 Å². The number of carbonyl (C=O) groups is 2. The van der Waals surface area contributed by atoms with Gasteiger partial charge < -0.3 is 15.6 Å². The maximum Gasteiger partial charge on any atom is 0.251 e. The smallest absolute Gasteiger partial charge is 0.251 e. The van der Waals surface area contributed by atoms with Crippen LogP contribution < -0.4 is 11.1 Å². The van der Waals surface area contributed by atoms with Crippen LogP contribution in [0.3, 0.4) is 0 Å². The Morgan fingerprint density at radius 2 is 2.10 bits per heavy atom. The molecule has 1 aliphatic carbocycles. The van der Waals surface area contributed by atoms with Crippen LogP contribution in [0.2, 0.25) is 0 Å². The highest BCUT2D eigenvalue weighted by Gasteiger charge is 2.26. The highest BCUT2D eigenvalue weighted by atomic mass is 32.2.